The van der Waals surface area contributed by atoms with E-state index in [2.05, 4.69) is 11.8 Å². The largest absolute Gasteiger partial charge is 0.392 e. The highest BCUT2D eigenvalue weighted by Gasteiger charge is 2.37. The van der Waals surface area contributed by atoms with Crippen molar-refractivity contribution in [3.05, 3.63) is 22.8 Å². The molecule has 0 aromatic heterocycles. The summed E-state index contributed by atoms with van der Waals surface area (Å²) in [4.78, 5) is 11.9. The molecule has 3 heteroatoms. The fourth-order valence-corrected chi connectivity index (χ4v) is 2.67. The van der Waals surface area contributed by atoms with Crippen LogP contribution in [0.4, 0.5) is 0 Å². The van der Waals surface area contributed by atoms with Crippen molar-refractivity contribution in [1.29, 1.82) is 0 Å². The Labute approximate surface area is 114 Å². The summed E-state index contributed by atoms with van der Waals surface area (Å²) in [5.41, 5.74) is 2.14. The zero-order valence-electron chi connectivity index (χ0n) is 11.3. The monoisotopic (exact) mass is 266 g/mol. The molecule has 98 valence electrons. The molecule has 1 atom stereocenters. The molecule has 1 rings (SSSR count). The van der Waals surface area contributed by atoms with E-state index in [0.29, 0.717) is 12.0 Å². The standard InChI is InChI=1S/C15H19ClO2/c1-10(7-8-17)5-6-12-11(2)14(18)13(16)9-15(12,3)4/h7,13,17H,8-9H2,1-4H3. The Morgan fingerprint density at radius 1 is 1.61 bits per heavy atom. The molecule has 0 bridgehead atoms. The number of hydrogen-bond donors (Lipinski definition) is 1. The lowest BCUT2D eigenvalue weighted by Crippen LogP contribution is -2.32. The summed E-state index contributed by atoms with van der Waals surface area (Å²) < 4.78 is 0. The summed E-state index contributed by atoms with van der Waals surface area (Å²) in [5, 5.41) is 8.33. The Bertz CT molecular complexity index is 472. The van der Waals surface area contributed by atoms with Gasteiger partial charge in [-0.1, -0.05) is 25.7 Å². The van der Waals surface area contributed by atoms with E-state index in [0.717, 1.165) is 11.1 Å². The maximum atomic E-state index is 11.9. The summed E-state index contributed by atoms with van der Waals surface area (Å²) in [6.07, 6.45) is 2.25. The van der Waals surface area contributed by atoms with Crippen molar-refractivity contribution in [3.63, 3.8) is 0 Å². The zero-order chi connectivity index (χ0) is 13.9. The lowest BCUT2D eigenvalue weighted by Gasteiger charge is -2.33. The molecule has 1 N–H and O–H groups in total. The number of halogens is 1. The molecule has 18 heavy (non-hydrogen) atoms. The van der Waals surface area contributed by atoms with Crippen LogP contribution in [0.1, 0.15) is 34.1 Å². The van der Waals surface area contributed by atoms with E-state index < -0.39 is 5.38 Å². The molecule has 0 spiro atoms. The second kappa shape index (κ2) is 5.73. The second-order valence-electron chi connectivity index (χ2n) is 5.24. The van der Waals surface area contributed by atoms with Crippen LogP contribution < -0.4 is 0 Å². The highest BCUT2D eigenvalue weighted by molar-refractivity contribution is 6.34. The highest BCUT2D eigenvalue weighted by atomic mass is 35.5. The highest BCUT2D eigenvalue weighted by Crippen LogP contribution is 2.40. The SMILES string of the molecule is CC(C#CC1=C(C)C(=O)C(Cl)CC1(C)C)=CCO. The van der Waals surface area contributed by atoms with Gasteiger partial charge in [0.05, 0.1) is 12.0 Å². The average molecular weight is 267 g/mol. The van der Waals surface area contributed by atoms with Crippen LogP contribution in [0.25, 0.3) is 0 Å². The fourth-order valence-electron chi connectivity index (χ4n) is 2.12. The number of aliphatic hydroxyl groups excluding tert-OH is 1. The molecular weight excluding hydrogens is 248 g/mol. The summed E-state index contributed by atoms with van der Waals surface area (Å²) in [6, 6.07) is 0. The number of rotatable bonds is 1. The van der Waals surface area contributed by atoms with Gasteiger partial charge in [-0.2, -0.15) is 0 Å². The molecule has 0 saturated heterocycles. The van der Waals surface area contributed by atoms with Crippen molar-refractivity contribution < 1.29 is 9.90 Å². The molecular formula is C15H19ClO2. The van der Waals surface area contributed by atoms with Gasteiger partial charge in [0.15, 0.2) is 5.78 Å². The molecule has 0 aliphatic heterocycles. The van der Waals surface area contributed by atoms with E-state index in [9.17, 15) is 4.79 Å². The fraction of sp³-hybridized carbons (Fsp3) is 0.533. The van der Waals surface area contributed by atoms with Crippen LogP contribution >= 0.6 is 11.6 Å². The van der Waals surface area contributed by atoms with Gasteiger partial charge < -0.3 is 5.11 Å². The molecule has 0 aromatic rings. The maximum absolute atomic E-state index is 11.9. The van der Waals surface area contributed by atoms with Gasteiger partial charge >= 0.3 is 0 Å². The second-order valence-corrected chi connectivity index (χ2v) is 5.77. The van der Waals surface area contributed by atoms with Crippen molar-refractivity contribution in [3.8, 4) is 11.8 Å². The Balaban J connectivity index is 3.19. The number of carbonyl (C=O) groups is 1. The number of alkyl halides is 1. The first kappa shape index (κ1) is 15.0. The van der Waals surface area contributed by atoms with Crippen LogP contribution in [0.3, 0.4) is 0 Å². The van der Waals surface area contributed by atoms with Gasteiger partial charge in [0.2, 0.25) is 0 Å². The zero-order valence-corrected chi connectivity index (χ0v) is 12.1. The quantitative estimate of drug-likeness (QED) is 0.585. The summed E-state index contributed by atoms with van der Waals surface area (Å²) in [5.74, 6) is 6.02. The number of Topliss-reactive ketones (excluding diaryl/α,β-unsaturated/α-hetero) is 1. The van der Waals surface area contributed by atoms with Crippen molar-refractivity contribution in [2.45, 2.75) is 39.5 Å². The Kier molecular flexibility index (Phi) is 4.78. The summed E-state index contributed by atoms with van der Waals surface area (Å²) >= 11 is 6.05. The number of carbonyl (C=O) groups excluding carboxylic acids is 1. The Morgan fingerprint density at radius 3 is 2.78 bits per heavy atom. The first-order chi connectivity index (χ1) is 8.29. The van der Waals surface area contributed by atoms with E-state index >= 15 is 0 Å². The van der Waals surface area contributed by atoms with Crippen LogP contribution in [-0.2, 0) is 4.79 Å². The van der Waals surface area contributed by atoms with Gasteiger partial charge in [-0.3, -0.25) is 4.79 Å². The van der Waals surface area contributed by atoms with Gasteiger partial charge in [-0.25, -0.2) is 0 Å². The average Bonchev–Trinajstić information content (AvgIpc) is 2.25. The molecule has 0 amide bonds. The first-order valence-electron chi connectivity index (χ1n) is 5.99. The minimum Gasteiger partial charge on any atom is -0.392 e. The molecule has 1 aliphatic carbocycles. The van der Waals surface area contributed by atoms with Crippen molar-refractivity contribution in [2.24, 2.45) is 5.41 Å². The third kappa shape index (κ3) is 3.25. The third-order valence-electron chi connectivity index (χ3n) is 3.18. The molecule has 1 aliphatic rings. The summed E-state index contributed by atoms with van der Waals surface area (Å²) in [7, 11) is 0. The lowest BCUT2D eigenvalue weighted by molar-refractivity contribution is -0.116. The van der Waals surface area contributed by atoms with Crippen molar-refractivity contribution in [1.82, 2.24) is 0 Å². The van der Waals surface area contributed by atoms with Crippen LogP contribution in [0.5, 0.6) is 0 Å². The lowest BCUT2D eigenvalue weighted by atomic mass is 9.72. The van der Waals surface area contributed by atoms with Gasteiger partial charge in [0.1, 0.15) is 0 Å². The number of hydrogen-bond acceptors (Lipinski definition) is 2. The Morgan fingerprint density at radius 2 is 2.22 bits per heavy atom. The minimum atomic E-state index is -0.445. The predicted molar refractivity (Wildman–Crippen MR) is 74.4 cm³/mol. The van der Waals surface area contributed by atoms with Gasteiger partial charge in [-0.15, -0.1) is 11.6 Å². The number of allylic oxidation sites excluding steroid dienone is 3. The predicted octanol–water partition coefficient (Wildman–Crippen LogP) is 2.85. The number of aliphatic hydroxyl groups is 1. The van der Waals surface area contributed by atoms with Gasteiger partial charge in [0.25, 0.3) is 0 Å². The van der Waals surface area contributed by atoms with E-state index in [-0.39, 0.29) is 17.8 Å². The first-order valence-corrected chi connectivity index (χ1v) is 6.42. The van der Waals surface area contributed by atoms with Gasteiger partial charge in [0, 0.05) is 11.1 Å². The normalized spacial score (nSPS) is 23.8. The molecule has 0 fully saturated rings. The minimum absolute atomic E-state index is 0.0232. The third-order valence-corrected chi connectivity index (χ3v) is 3.53. The summed E-state index contributed by atoms with van der Waals surface area (Å²) in [6.45, 7) is 7.69. The van der Waals surface area contributed by atoms with Crippen LogP contribution in [0.2, 0.25) is 0 Å². The van der Waals surface area contributed by atoms with Crippen molar-refractivity contribution >= 4 is 17.4 Å². The molecule has 1 unspecified atom stereocenters. The molecule has 0 radical (unpaired) electrons. The van der Waals surface area contributed by atoms with Crippen molar-refractivity contribution in [2.75, 3.05) is 6.61 Å². The Hall–Kier alpha value is -1.04. The molecule has 0 heterocycles. The van der Waals surface area contributed by atoms with E-state index in [1.54, 1.807) is 13.0 Å². The van der Waals surface area contributed by atoms with Crippen LogP contribution in [0, 0.1) is 17.3 Å². The van der Waals surface area contributed by atoms with Crippen LogP contribution in [-0.4, -0.2) is 22.9 Å². The van der Waals surface area contributed by atoms with E-state index in [4.69, 9.17) is 16.7 Å². The smallest absolute Gasteiger partial charge is 0.177 e. The molecule has 2 nitrogen and oxygen atoms in total. The van der Waals surface area contributed by atoms with E-state index in [1.165, 1.54) is 0 Å². The van der Waals surface area contributed by atoms with Gasteiger partial charge in [-0.05, 0) is 37.3 Å². The maximum Gasteiger partial charge on any atom is 0.177 e. The van der Waals surface area contributed by atoms with Crippen LogP contribution in [0.15, 0.2) is 22.8 Å². The number of ketones is 1. The topological polar surface area (TPSA) is 37.3 Å². The molecule has 0 aromatic carbocycles. The van der Waals surface area contributed by atoms with E-state index in [1.807, 2.05) is 20.8 Å². The molecule has 0 saturated carbocycles.